The normalized spacial score (nSPS) is 14.5. The summed E-state index contributed by atoms with van der Waals surface area (Å²) in [5.74, 6) is 0.596. The van der Waals surface area contributed by atoms with Crippen molar-refractivity contribution in [1.29, 1.82) is 0 Å². The molecule has 1 aromatic carbocycles. The summed E-state index contributed by atoms with van der Waals surface area (Å²) in [6.07, 6.45) is 9.15. The third-order valence-corrected chi connectivity index (χ3v) is 3.98. The van der Waals surface area contributed by atoms with E-state index in [1.807, 2.05) is 24.3 Å². The van der Waals surface area contributed by atoms with E-state index in [0.29, 0.717) is 5.69 Å². The number of benzene rings is 1. The lowest BCUT2D eigenvalue weighted by atomic mass is 9.98. The minimum absolute atomic E-state index is 0.244. The topological polar surface area (TPSA) is 51.2 Å². The van der Waals surface area contributed by atoms with Gasteiger partial charge in [-0.3, -0.25) is 9.78 Å². The molecule has 0 bridgehead atoms. The van der Waals surface area contributed by atoms with Gasteiger partial charge in [0.1, 0.15) is 5.75 Å². The molecule has 1 aliphatic carbocycles. The molecule has 0 unspecified atom stereocenters. The van der Waals surface area contributed by atoms with Crippen LogP contribution in [0.15, 0.2) is 43.1 Å². The van der Waals surface area contributed by atoms with E-state index in [4.69, 9.17) is 4.74 Å². The molecule has 1 N–H and O–H groups in total. The van der Waals surface area contributed by atoms with Crippen LogP contribution in [0.25, 0.3) is 10.9 Å². The molecular weight excluding hydrogens is 345 g/mol. The van der Waals surface area contributed by atoms with Crippen LogP contribution in [0.4, 0.5) is 18.9 Å². The number of amides is 1. The standard InChI is InChI=1S/C18H20N2O2.CHF3/c1-2-18(21)20-13-11-15-16(19-12-13)9-6-10-17(15)22-14-7-4-3-5-8-14;2-1(3)4/h2,6,9-12,14H,1,3-5,7-8H2,(H,20,21);1H. The predicted octanol–water partition coefficient (Wildman–Crippen LogP) is 5.25. The van der Waals surface area contributed by atoms with Crippen LogP contribution in [0, 0.1) is 0 Å². The molecule has 140 valence electrons. The Labute approximate surface area is 150 Å². The van der Waals surface area contributed by atoms with E-state index in [1.165, 1.54) is 25.3 Å². The number of carbonyl (C=O) groups excluding carboxylic acids is 1. The molecule has 0 saturated heterocycles. The van der Waals surface area contributed by atoms with Crippen molar-refractivity contribution in [2.75, 3.05) is 5.32 Å². The summed E-state index contributed by atoms with van der Waals surface area (Å²) in [6, 6.07) is 7.78. The van der Waals surface area contributed by atoms with Gasteiger partial charge in [0.25, 0.3) is 0 Å². The molecule has 7 heteroatoms. The van der Waals surface area contributed by atoms with Gasteiger partial charge in [0.2, 0.25) is 5.91 Å². The number of hydrogen-bond donors (Lipinski definition) is 1. The van der Waals surface area contributed by atoms with Gasteiger partial charge in [0.15, 0.2) is 0 Å². The largest absolute Gasteiger partial charge is 0.490 e. The molecule has 0 atom stereocenters. The number of anilines is 1. The fraction of sp³-hybridized carbons (Fsp3) is 0.368. The van der Waals surface area contributed by atoms with Gasteiger partial charge in [-0.15, -0.1) is 0 Å². The number of nitrogens with zero attached hydrogens (tertiary/aromatic N) is 1. The van der Waals surface area contributed by atoms with E-state index in [2.05, 4.69) is 16.9 Å². The summed E-state index contributed by atoms with van der Waals surface area (Å²) in [5.41, 5.74) is 1.52. The molecule has 1 heterocycles. The monoisotopic (exact) mass is 366 g/mol. The highest BCUT2D eigenvalue weighted by molar-refractivity contribution is 6.00. The van der Waals surface area contributed by atoms with Crippen molar-refractivity contribution in [3.05, 3.63) is 43.1 Å². The average molecular weight is 366 g/mol. The molecule has 1 amide bonds. The number of rotatable bonds is 4. The van der Waals surface area contributed by atoms with E-state index >= 15 is 0 Å². The van der Waals surface area contributed by atoms with E-state index in [1.54, 1.807) is 6.20 Å². The van der Waals surface area contributed by atoms with Crippen LogP contribution in [-0.4, -0.2) is 23.7 Å². The highest BCUT2D eigenvalue weighted by Gasteiger charge is 2.16. The third kappa shape index (κ3) is 6.06. The SMILES string of the molecule is C=CC(=O)Nc1cnc2cccc(OC3CCCCC3)c2c1.FC(F)F. The second-order valence-corrected chi connectivity index (χ2v) is 5.87. The van der Waals surface area contributed by atoms with Crippen LogP contribution in [0.1, 0.15) is 32.1 Å². The molecular formula is C19H21F3N2O2. The first-order valence-electron chi connectivity index (χ1n) is 8.40. The number of ether oxygens (including phenoxy) is 1. The number of nitrogens with one attached hydrogen (secondary N) is 1. The number of carbonyl (C=O) groups is 1. The van der Waals surface area contributed by atoms with Crippen molar-refractivity contribution >= 4 is 22.5 Å². The summed E-state index contributed by atoms with van der Waals surface area (Å²) >= 11 is 0. The van der Waals surface area contributed by atoms with Gasteiger partial charge < -0.3 is 10.1 Å². The maximum atomic E-state index is 11.4. The molecule has 1 aliphatic rings. The minimum atomic E-state index is -3.67. The lowest BCUT2D eigenvalue weighted by Gasteiger charge is -2.23. The molecule has 3 rings (SSSR count). The second kappa shape index (κ2) is 9.79. The molecule has 4 nitrogen and oxygen atoms in total. The van der Waals surface area contributed by atoms with Gasteiger partial charge in [-0.05, 0) is 50.0 Å². The first-order valence-corrected chi connectivity index (χ1v) is 8.40. The quantitative estimate of drug-likeness (QED) is 0.752. The van der Waals surface area contributed by atoms with Crippen LogP contribution >= 0.6 is 0 Å². The molecule has 0 aliphatic heterocycles. The number of hydrogen-bond acceptors (Lipinski definition) is 3. The lowest BCUT2D eigenvalue weighted by molar-refractivity contribution is -0.111. The van der Waals surface area contributed by atoms with Gasteiger partial charge in [-0.25, -0.2) is 0 Å². The van der Waals surface area contributed by atoms with Crippen LogP contribution in [0.3, 0.4) is 0 Å². The van der Waals surface area contributed by atoms with Crippen molar-refractivity contribution in [3.8, 4) is 5.75 Å². The molecule has 26 heavy (non-hydrogen) atoms. The zero-order valence-corrected chi connectivity index (χ0v) is 14.3. The molecule has 2 aromatic rings. The van der Waals surface area contributed by atoms with E-state index < -0.39 is 6.68 Å². The number of halogens is 3. The second-order valence-electron chi connectivity index (χ2n) is 5.87. The fourth-order valence-corrected chi connectivity index (χ4v) is 2.85. The summed E-state index contributed by atoms with van der Waals surface area (Å²) in [5, 5.41) is 3.67. The zero-order valence-electron chi connectivity index (χ0n) is 14.3. The Kier molecular flexibility index (Phi) is 7.44. The van der Waals surface area contributed by atoms with E-state index in [9.17, 15) is 18.0 Å². The highest BCUT2D eigenvalue weighted by Crippen LogP contribution is 2.30. The zero-order chi connectivity index (χ0) is 18.9. The average Bonchev–Trinajstić information content (AvgIpc) is 2.62. The Bertz CT molecular complexity index is 744. The van der Waals surface area contributed by atoms with Crippen LogP contribution in [-0.2, 0) is 4.79 Å². The Morgan fingerprint density at radius 3 is 2.62 bits per heavy atom. The summed E-state index contributed by atoms with van der Waals surface area (Å²) in [7, 11) is 0. The third-order valence-electron chi connectivity index (χ3n) is 3.98. The molecule has 1 aromatic heterocycles. The van der Waals surface area contributed by atoms with Gasteiger partial charge in [0, 0.05) is 5.39 Å². The summed E-state index contributed by atoms with van der Waals surface area (Å²) in [4.78, 5) is 15.8. The molecule has 1 saturated carbocycles. The van der Waals surface area contributed by atoms with Crippen molar-refractivity contribution in [2.45, 2.75) is 44.9 Å². The molecule has 0 radical (unpaired) electrons. The predicted molar refractivity (Wildman–Crippen MR) is 95.2 cm³/mol. The van der Waals surface area contributed by atoms with E-state index in [0.717, 1.165) is 29.5 Å². The lowest BCUT2D eigenvalue weighted by Crippen LogP contribution is -2.19. The molecule has 1 fully saturated rings. The summed E-state index contributed by atoms with van der Waals surface area (Å²) in [6.45, 7) is -0.210. The van der Waals surface area contributed by atoms with E-state index in [-0.39, 0.29) is 12.0 Å². The van der Waals surface area contributed by atoms with Crippen molar-refractivity contribution in [2.24, 2.45) is 0 Å². The Morgan fingerprint density at radius 1 is 1.27 bits per heavy atom. The number of alkyl halides is 3. The van der Waals surface area contributed by atoms with Gasteiger partial charge in [-0.1, -0.05) is 19.1 Å². The Hall–Kier alpha value is -2.57. The maximum absolute atomic E-state index is 11.4. The van der Waals surface area contributed by atoms with Crippen molar-refractivity contribution in [1.82, 2.24) is 4.98 Å². The smallest absolute Gasteiger partial charge is 0.379 e. The van der Waals surface area contributed by atoms with Gasteiger partial charge in [0.05, 0.1) is 23.5 Å². The first kappa shape index (κ1) is 19.8. The fourth-order valence-electron chi connectivity index (χ4n) is 2.85. The number of aromatic nitrogens is 1. The highest BCUT2D eigenvalue weighted by atomic mass is 19.4. The number of fused-ring (bicyclic) bond motifs is 1. The van der Waals surface area contributed by atoms with Crippen molar-refractivity contribution in [3.63, 3.8) is 0 Å². The first-order chi connectivity index (χ1) is 12.5. The Morgan fingerprint density at radius 2 is 1.96 bits per heavy atom. The van der Waals surface area contributed by atoms with Crippen LogP contribution < -0.4 is 10.1 Å². The van der Waals surface area contributed by atoms with Gasteiger partial charge in [-0.2, -0.15) is 13.2 Å². The summed E-state index contributed by atoms with van der Waals surface area (Å²) < 4.78 is 35.2. The van der Waals surface area contributed by atoms with Crippen LogP contribution in [0.2, 0.25) is 0 Å². The Balaban J connectivity index is 0.000000552. The number of pyridine rings is 1. The van der Waals surface area contributed by atoms with Gasteiger partial charge >= 0.3 is 6.68 Å². The maximum Gasteiger partial charge on any atom is 0.379 e. The van der Waals surface area contributed by atoms with Crippen molar-refractivity contribution < 1.29 is 22.7 Å². The minimum Gasteiger partial charge on any atom is -0.490 e. The van der Waals surface area contributed by atoms with Crippen LogP contribution in [0.5, 0.6) is 5.75 Å². The molecule has 0 spiro atoms.